The van der Waals surface area contributed by atoms with Gasteiger partial charge in [-0.15, -0.1) is 0 Å². The Bertz CT molecular complexity index is 1070. The largest absolute Gasteiger partial charge is 0.338 e. The first-order valence-corrected chi connectivity index (χ1v) is 9.94. The van der Waals surface area contributed by atoms with E-state index in [1.807, 2.05) is 11.8 Å². The molecule has 1 saturated heterocycles. The number of nitrogens with one attached hydrogen (secondary N) is 1. The average Bonchev–Trinajstić information content (AvgIpc) is 3.09. The molecule has 0 bridgehead atoms. The van der Waals surface area contributed by atoms with Crippen LogP contribution in [0.3, 0.4) is 0 Å². The summed E-state index contributed by atoms with van der Waals surface area (Å²) >= 11 is 0. The molecule has 0 unspecified atom stereocenters. The van der Waals surface area contributed by atoms with Gasteiger partial charge in [0.05, 0.1) is 0 Å². The highest BCUT2D eigenvalue weighted by atomic mass is 16.2. The van der Waals surface area contributed by atoms with Gasteiger partial charge >= 0.3 is 0 Å². The Morgan fingerprint density at radius 3 is 2.93 bits per heavy atom. The number of carbonyl (C=O) groups is 1. The van der Waals surface area contributed by atoms with Gasteiger partial charge in [-0.2, -0.15) is 0 Å². The van der Waals surface area contributed by atoms with Crippen molar-refractivity contribution in [3.05, 3.63) is 69.3 Å². The van der Waals surface area contributed by atoms with Crippen LogP contribution in [0.15, 0.2) is 41.3 Å². The number of aromatic amines is 1. The number of piperidine rings is 1. The molecule has 1 amide bonds. The van der Waals surface area contributed by atoms with Crippen LogP contribution in [0.2, 0.25) is 0 Å². The Morgan fingerprint density at radius 1 is 1.29 bits per heavy atom. The molecular weight excluding hydrogens is 352 g/mol. The Balaban J connectivity index is 1.47. The smallest absolute Gasteiger partial charge is 0.285 e. The number of aryl methyl sites for hydroxylation is 3. The number of nitrogens with zero attached hydrogens (tertiary/aromatic N) is 3. The van der Waals surface area contributed by atoms with E-state index in [0.717, 1.165) is 31.4 Å². The lowest BCUT2D eigenvalue weighted by atomic mass is 9.90. The number of rotatable bonds is 4. The predicted molar refractivity (Wildman–Crippen MR) is 109 cm³/mol. The number of fused-ring (bicyclic) bond motifs is 1. The molecule has 2 aromatic heterocycles. The standard InChI is InChI=1S/C22H26N4O2/c1-15-6-3-4-8-18(15)10-9-17-7-5-11-25(14-17)21(27)19-13-23-20-12-16(2)24-26(20)22(19)28/h3-4,6,8,12-13,17,24H,5,7,9-11,14H2,1-2H3/t17-/m1/s1. The van der Waals surface area contributed by atoms with Gasteiger partial charge in [0.25, 0.3) is 11.5 Å². The molecule has 1 aromatic carbocycles. The summed E-state index contributed by atoms with van der Waals surface area (Å²) in [6.45, 7) is 5.41. The van der Waals surface area contributed by atoms with Gasteiger partial charge in [-0.3, -0.25) is 14.7 Å². The van der Waals surface area contributed by atoms with E-state index >= 15 is 0 Å². The molecule has 28 heavy (non-hydrogen) atoms. The zero-order valence-corrected chi connectivity index (χ0v) is 16.4. The number of likely N-dealkylation sites (tertiary alicyclic amines) is 1. The summed E-state index contributed by atoms with van der Waals surface area (Å²) in [4.78, 5) is 31.8. The fraction of sp³-hybridized carbons (Fsp3) is 0.409. The average molecular weight is 378 g/mol. The van der Waals surface area contributed by atoms with E-state index < -0.39 is 0 Å². The number of hydrogen-bond acceptors (Lipinski definition) is 3. The number of hydrogen-bond donors (Lipinski definition) is 1. The second-order valence-electron chi connectivity index (χ2n) is 7.83. The van der Waals surface area contributed by atoms with E-state index in [-0.39, 0.29) is 17.0 Å². The van der Waals surface area contributed by atoms with Gasteiger partial charge in [-0.1, -0.05) is 24.3 Å². The lowest BCUT2D eigenvalue weighted by Gasteiger charge is -2.32. The fourth-order valence-electron chi connectivity index (χ4n) is 4.13. The minimum Gasteiger partial charge on any atom is -0.338 e. The molecule has 1 N–H and O–H groups in total. The van der Waals surface area contributed by atoms with Crippen LogP contribution in [0, 0.1) is 19.8 Å². The van der Waals surface area contributed by atoms with Gasteiger partial charge in [0.2, 0.25) is 0 Å². The third kappa shape index (κ3) is 3.59. The highest BCUT2D eigenvalue weighted by Crippen LogP contribution is 2.23. The number of benzene rings is 1. The van der Waals surface area contributed by atoms with Crippen molar-refractivity contribution in [1.82, 2.24) is 19.5 Å². The maximum absolute atomic E-state index is 13.0. The van der Waals surface area contributed by atoms with Gasteiger partial charge in [0, 0.05) is 31.0 Å². The predicted octanol–water partition coefficient (Wildman–Crippen LogP) is 3.12. The summed E-state index contributed by atoms with van der Waals surface area (Å²) in [7, 11) is 0. The van der Waals surface area contributed by atoms with Crippen LogP contribution in [0.25, 0.3) is 5.65 Å². The maximum Gasteiger partial charge on any atom is 0.285 e. The molecule has 1 aliphatic heterocycles. The molecule has 146 valence electrons. The second kappa shape index (κ2) is 7.62. The van der Waals surface area contributed by atoms with E-state index in [1.165, 1.54) is 21.8 Å². The van der Waals surface area contributed by atoms with Crippen LogP contribution in [-0.2, 0) is 6.42 Å². The van der Waals surface area contributed by atoms with Crippen LogP contribution >= 0.6 is 0 Å². The van der Waals surface area contributed by atoms with E-state index in [0.29, 0.717) is 24.7 Å². The Hall–Kier alpha value is -2.89. The molecule has 0 saturated carbocycles. The summed E-state index contributed by atoms with van der Waals surface area (Å²) in [5.41, 5.74) is 3.88. The molecule has 1 fully saturated rings. The van der Waals surface area contributed by atoms with E-state index in [2.05, 4.69) is 41.3 Å². The third-order valence-electron chi connectivity index (χ3n) is 5.74. The summed E-state index contributed by atoms with van der Waals surface area (Å²) in [5, 5.41) is 2.95. The normalized spacial score (nSPS) is 17.2. The Kier molecular flexibility index (Phi) is 5.03. The highest BCUT2D eigenvalue weighted by Gasteiger charge is 2.26. The van der Waals surface area contributed by atoms with E-state index in [9.17, 15) is 9.59 Å². The summed E-state index contributed by atoms with van der Waals surface area (Å²) in [6, 6.07) is 10.3. The molecule has 0 radical (unpaired) electrons. The molecule has 1 atom stereocenters. The third-order valence-corrected chi connectivity index (χ3v) is 5.74. The molecule has 6 heteroatoms. The molecule has 0 aliphatic carbocycles. The first-order chi connectivity index (χ1) is 13.5. The van der Waals surface area contributed by atoms with E-state index in [1.54, 1.807) is 6.07 Å². The second-order valence-corrected chi connectivity index (χ2v) is 7.83. The maximum atomic E-state index is 13.0. The fourth-order valence-corrected chi connectivity index (χ4v) is 4.13. The van der Waals surface area contributed by atoms with Crippen molar-refractivity contribution in [3.63, 3.8) is 0 Å². The highest BCUT2D eigenvalue weighted by molar-refractivity contribution is 5.93. The van der Waals surface area contributed by atoms with Crippen molar-refractivity contribution >= 4 is 11.6 Å². The van der Waals surface area contributed by atoms with Crippen LogP contribution in [0.4, 0.5) is 0 Å². The lowest BCUT2D eigenvalue weighted by molar-refractivity contribution is 0.0665. The van der Waals surface area contributed by atoms with Crippen molar-refractivity contribution in [3.8, 4) is 0 Å². The van der Waals surface area contributed by atoms with Gasteiger partial charge in [0.1, 0.15) is 5.56 Å². The lowest BCUT2D eigenvalue weighted by Crippen LogP contribution is -2.42. The topological polar surface area (TPSA) is 70.5 Å². The molecule has 6 nitrogen and oxygen atoms in total. The number of H-pyrrole nitrogens is 1. The molecular formula is C22H26N4O2. The monoisotopic (exact) mass is 378 g/mol. The quantitative estimate of drug-likeness (QED) is 0.758. The first kappa shape index (κ1) is 18.5. The van der Waals surface area contributed by atoms with Crippen molar-refractivity contribution in [2.75, 3.05) is 13.1 Å². The molecule has 0 spiro atoms. The van der Waals surface area contributed by atoms with Crippen LogP contribution in [-0.4, -0.2) is 38.5 Å². The van der Waals surface area contributed by atoms with Crippen molar-refractivity contribution in [2.24, 2.45) is 5.92 Å². The van der Waals surface area contributed by atoms with Crippen LogP contribution in [0.1, 0.15) is 46.4 Å². The number of carbonyl (C=O) groups excluding carboxylic acids is 1. The zero-order valence-electron chi connectivity index (χ0n) is 16.4. The number of aromatic nitrogens is 3. The number of amides is 1. The van der Waals surface area contributed by atoms with Crippen molar-refractivity contribution < 1.29 is 4.79 Å². The molecule has 3 aromatic rings. The van der Waals surface area contributed by atoms with Gasteiger partial charge in [-0.25, -0.2) is 9.50 Å². The van der Waals surface area contributed by atoms with Crippen molar-refractivity contribution in [1.29, 1.82) is 0 Å². The molecule has 4 rings (SSSR count). The first-order valence-electron chi connectivity index (χ1n) is 9.94. The van der Waals surface area contributed by atoms with Gasteiger partial charge < -0.3 is 4.90 Å². The minimum absolute atomic E-state index is 0.138. The summed E-state index contributed by atoms with van der Waals surface area (Å²) in [5.74, 6) is 0.254. The SMILES string of the molecule is Cc1cc2ncc(C(=O)N3CCC[C@H](CCc4ccccc4C)C3)c(=O)n2[nH]1. The van der Waals surface area contributed by atoms with Crippen molar-refractivity contribution in [2.45, 2.75) is 39.5 Å². The van der Waals surface area contributed by atoms with Gasteiger partial charge in [-0.05, 0) is 56.6 Å². The zero-order chi connectivity index (χ0) is 19.7. The summed E-state index contributed by atoms with van der Waals surface area (Å²) < 4.78 is 1.35. The van der Waals surface area contributed by atoms with Gasteiger partial charge in [0.15, 0.2) is 5.65 Å². The minimum atomic E-state index is -0.329. The van der Waals surface area contributed by atoms with Crippen LogP contribution < -0.4 is 5.56 Å². The Labute approximate surface area is 164 Å². The Morgan fingerprint density at radius 2 is 2.11 bits per heavy atom. The van der Waals surface area contributed by atoms with Crippen LogP contribution in [0.5, 0.6) is 0 Å². The molecule has 3 heterocycles. The van der Waals surface area contributed by atoms with E-state index in [4.69, 9.17) is 0 Å². The summed E-state index contributed by atoms with van der Waals surface area (Å²) in [6.07, 6.45) is 5.60. The molecule has 1 aliphatic rings.